The molecule has 0 atom stereocenters. The van der Waals surface area contributed by atoms with Crippen LogP contribution in [0.2, 0.25) is 0 Å². The summed E-state index contributed by atoms with van der Waals surface area (Å²) in [5.41, 5.74) is 0. The van der Waals surface area contributed by atoms with Gasteiger partial charge in [-0.3, -0.25) is 14.4 Å². The first-order valence-corrected chi connectivity index (χ1v) is 6.59. The number of ketones is 1. The zero-order valence-corrected chi connectivity index (χ0v) is 11.4. The lowest BCUT2D eigenvalue weighted by atomic mass is 10.5. The van der Waals surface area contributed by atoms with E-state index >= 15 is 0 Å². The summed E-state index contributed by atoms with van der Waals surface area (Å²) in [7, 11) is 0. The van der Waals surface area contributed by atoms with E-state index in [-0.39, 0.29) is 29.8 Å². The highest BCUT2D eigenvalue weighted by molar-refractivity contribution is 8.00. The number of thioether (sulfide) groups is 1. The number of carbonyl (C=O) groups excluding carboxylic acids is 3. The molecule has 0 spiro atoms. The Morgan fingerprint density at radius 1 is 1.42 bits per heavy atom. The molecule has 8 heteroatoms. The zero-order chi connectivity index (χ0) is 14.3. The number of hydrogen-bond donors (Lipinski definition) is 1. The van der Waals surface area contributed by atoms with Gasteiger partial charge in [0.25, 0.3) is 0 Å². The van der Waals surface area contributed by atoms with E-state index in [4.69, 9.17) is 4.52 Å². The van der Waals surface area contributed by atoms with E-state index in [1.165, 1.54) is 6.92 Å². The highest BCUT2D eigenvalue weighted by Gasteiger charge is 2.09. The van der Waals surface area contributed by atoms with Gasteiger partial charge in [-0.25, -0.2) is 0 Å². The summed E-state index contributed by atoms with van der Waals surface area (Å²) < 4.78 is 9.42. The predicted molar refractivity (Wildman–Crippen MR) is 68.8 cm³/mol. The Kier molecular flexibility index (Phi) is 6.07. The van der Waals surface area contributed by atoms with Crippen molar-refractivity contribution in [3.8, 4) is 0 Å². The molecule has 0 aliphatic heterocycles. The molecular formula is C11H14N2O5S. The Bertz CT molecular complexity index is 471. The Balaban J connectivity index is 2.16. The number of rotatable bonds is 7. The predicted octanol–water partition coefficient (Wildman–Crippen LogP) is 0.787. The van der Waals surface area contributed by atoms with Crippen LogP contribution in [0.5, 0.6) is 0 Å². The normalized spacial score (nSPS) is 10.0. The van der Waals surface area contributed by atoms with Gasteiger partial charge >= 0.3 is 5.97 Å². The van der Waals surface area contributed by atoms with Gasteiger partial charge in [-0.05, 0) is 13.8 Å². The molecule has 0 radical (unpaired) electrons. The van der Waals surface area contributed by atoms with E-state index in [1.807, 2.05) is 0 Å². The highest BCUT2D eigenvalue weighted by Crippen LogP contribution is 2.08. The number of aryl methyl sites for hydroxylation is 1. The van der Waals surface area contributed by atoms with E-state index in [2.05, 4.69) is 15.2 Å². The van der Waals surface area contributed by atoms with Crippen molar-refractivity contribution >= 4 is 35.2 Å². The maximum Gasteiger partial charge on any atom is 0.316 e. The number of esters is 1. The average Bonchev–Trinajstić information content (AvgIpc) is 2.72. The molecule has 7 nitrogen and oxygen atoms in total. The molecule has 1 N–H and O–H groups in total. The van der Waals surface area contributed by atoms with Crippen LogP contribution in [0.1, 0.15) is 12.7 Å². The lowest BCUT2D eigenvalue weighted by Crippen LogP contribution is -2.17. The molecule has 0 aliphatic carbocycles. The molecule has 0 unspecified atom stereocenters. The number of carbonyl (C=O) groups is 3. The van der Waals surface area contributed by atoms with Crippen molar-refractivity contribution in [2.24, 2.45) is 0 Å². The quantitative estimate of drug-likeness (QED) is 0.740. The van der Waals surface area contributed by atoms with Crippen molar-refractivity contribution in [1.82, 2.24) is 5.16 Å². The van der Waals surface area contributed by atoms with Crippen LogP contribution < -0.4 is 5.32 Å². The van der Waals surface area contributed by atoms with Crippen LogP contribution in [-0.4, -0.2) is 40.9 Å². The Morgan fingerprint density at radius 2 is 2.16 bits per heavy atom. The van der Waals surface area contributed by atoms with Crippen molar-refractivity contribution in [2.75, 3.05) is 23.4 Å². The average molecular weight is 286 g/mol. The molecule has 0 saturated carbocycles. The van der Waals surface area contributed by atoms with Crippen LogP contribution in [0.25, 0.3) is 0 Å². The second-order valence-electron chi connectivity index (χ2n) is 3.73. The fourth-order valence-electron chi connectivity index (χ4n) is 1.06. The standard InChI is InChI=1S/C11H14N2O5S/c1-7(14)4-17-11(16)6-19-5-10(15)12-9-3-8(2)18-13-9/h3H,4-6H2,1-2H3,(H,12,13,15). The number of aromatic nitrogens is 1. The van der Waals surface area contributed by atoms with Gasteiger partial charge in [0.15, 0.2) is 11.6 Å². The number of amides is 1. The van der Waals surface area contributed by atoms with Gasteiger partial charge in [0.05, 0.1) is 11.5 Å². The van der Waals surface area contributed by atoms with Crippen LogP contribution >= 0.6 is 11.8 Å². The smallest absolute Gasteiger partial charge is 0.316 e. The Morgan fingerprint density at radius 3 is 2.74 bits per heavy atom. The third-order valence-corrected chi connectivity index (χ3v) is 2.69. The number of ether oxygens (including phenoxy) is 1. The third kappa shape index (κ3) is 6.61. The molecular weight excluding hydrogens is 272 g/mol. The first-order chi connectivity index (χ1) is 8.97. The van der Waals surface area contributed by atoms with Gasteiger partial charge in [-0.15, -0.1) is 11.8 Å². The van der Waals surface area contributed by atoms with E-state index in [0.717, 1.165) is 11.8 Å². The summed E-state index contributed by atoms with van der Waals surface area (Å²) in [6.45, 7) is 2.81. The van der Waals surface area contributed by atoms with Crippen molar-refractivity contribution in [1.29, 1.82) is 0 Å². The van der Waals surface area contributed by atoms with Crippen LogP contribution in [-0.2, 0) is 19.1 Å². The van der Waals surface area contributed by atoms with Crippen LogP contribution in [0.15, 0.2) is 10.6 Å². The summed E-state index contributed by atoms with van der Waals surface area (Å²) in [5.74, 6) is -0.0157. The molecule has 1 amide bonds. The van der Waals surface area contributed by atoms with Gasteiger partial charge in [-0.1, -0.05) is 5.16 Å². The van der Waals surface area contributed by atoms with Crippen LogP contribution in [0, 0.1) is 6.92 Å². The first-order valence-electron chi connectivity index (χ1n) is 5.43. The monoisotopic (exact) mass is 286 g/mol. The van der Waals surface area contributed by atoms with Gasteiger partial charge in [0, 0.05) is 6.07 Å². The fraction of sp³-hybridized carbons (Fsp3) is 0.455. The van der Waals surface area contributed by atoms with Crippen molar-refractivity contribution in [3.63, 3.8) is 0 Å². The lowest BCUT2D eigenvalue weighted by molar-refractivity contribution is -0.144. The Hall–Kier alpha value is -1.83. The summed E-state index contributed by atoms with van der Waals surface area (Å²) in [4.78, 5) is 33.2. The van der Waals surface area contributed by atoms with Crippen molar-refractivity contribution < 1.29 is 23.6 Å². The van der Waals surface area contributed by atoms with Crippen LogP contribution in [0.3, 0.4) is 0 Å². The maximum atomic E-state index is 11.4. The van der Waals surface area contributed by atoms with E-state index in [1.54, 1.807) is 13.0 Å². The van der Waals surface area contributed by atoms with Gasteiger partial charge < -0.3 is 14.6 Å². The second kappa shape index (κ2) is 7.57. The number of hydrogen-bond acceptors (Lipinski definition) is 7. The van der Waals surface area contributed by atoms with Crippen LogP contribution in [0.4, 0.5) is 5.82 Å². The minimum atomic E-state index is -0.523. The number of Topliss-reactive ketones (excluding diaryl/α,β-unsaturated/α-hetero) is 1. The first kappa shape index (κ1) is 15.2. The summed E-state index contributed by atoms with van der Waals surface area (Å²) in [6.07, 6.45) is 0. The summed E-state index contributed by atoms with van der Waals surface area (Å²) >= 11 is 1.09. The lowest BCUT2D eigenvalue weighted by Gasteiger charge is -2.02. The number of anilines is 1. The molecule has 0 saturated heterocycles. The Labute approximate surface area is 114 Å². The highest BCUT2D eigenvalue weighted by atomic mass is 32.2. The molecule has 1 rings (SSSR count). The van der Waals surface area contributed by atoms with Crippen molar-refractivity contribution in [3.05, 3.63) is 11.8 Å². The largest absolute Gasteiger partial charge is 0.457 e. The van der Waals surface area contributed by atoms with Crippen molar-refractivity contribution in [2.45, 2.75) is 13.8 Å². The minimum absolute atomic E-state index is 0.0124. The van der Waals surface area contributed by atoms with Gasteiger partial charge in [0.1, 0.15) is 12.4 Å². The number of nitrogens with zero attached hydrogens (tertiary/aromatic N) is 1. The van der Waals surface area contributed by atoms with E-state index in [0.29, 0.717) is 11.6 Å². The van der Waals surface area contributed by atoms with Gasteiger partial charge in [0.2, 0.25) is 5.91 Å². The molecule has 1 aromatic heterocycles. The molecule has 0 aromatic carbocycles. The molecule has 0 bridgehead atoms. The maximum absolute atomic E-state index is 11.4. The van der Waals surface area contributed by atoms with Gasteiger partial charge in [-0.2, -0.15) is 0 Å². The summed E-state index contributed by atoms with van der Waals surface area (Å²) in [6, 6.07) is 1.59. The third-order valence-electron chi connectivity index (χ3n) is 1.78. The molecule has 1 aromatic rings. The topological polar surface area (TPSA) is 98.5 Å². The molecule has 104 valence electrons. The summed E-state index contributed by atoms with van der Waals surface area (Å²) in [5, 5.41) is 6.12. The second-order valence-corrected chi connectivity index (χ2v) is 4.71. The fourth-order valence-corrected chi connectivity index (χ4v) is 1.66. The van der Waals surface area contributed by atoms with E-state index in [9.17, 15) is 14.4 Å². The SMILES string of the molecule is CC(=O)COC(=O)CSCC(=O)Nc1cc(C)on1. The molecule has 0 fully saturated rings. The molecule has 1 heterocycles. The number of nitrogens with one attached hydrogen (secondary N) is 1. The molecule has 19 heavy (non-hydrogen) atoms. The molecule has 0 aliphatic rings. The minimum Gasteiger partial charge on any atom is -0.457 e. The zero-order valence-electron chi connectivity index (χ0n) is 10.6. The van der Waals surface area contributed by atoms with E-state index < -0.39 is 5.97 Å².